The summed E-state index contributed by atoms with van der Waals surface area (Å²) in [5.41, 5.74) is 8.10. The fraction of sp³-hybridized carbons (Fsp3) is 0.176. The van der Waals surface area contributed by atoms with Gasteiger partial charge in [-0.1, -0.05) is 23.9 Å². The molecule has 0 saturated heterocycles. The Hall–Kier alpha value is -2.47. The van der Waals surface area contributed by atoms with Gasteiger partial charge in [-0.05, 0) is 43.3 Å². The van der Waals surface area contributed by atoms with Crippen molar-refractivity contribution in [3.05, 3.63) is 48.5 Å². The third kappa shape index (κ3) is 3.32. The van der Waals surface area contributed by atoms with E-state index < -0.39 is 0 Å². The Morgan fingerprint density at radius 1 is 1.22 bits per heavy atom. The van der Waals surface area contributed by atoms with Gasteiger partial charge in [0.1, 0.15) is 5.75 Å². The second-order valence-electron chi connectivity index (χ2n) is 4.90. The van der Waals surface area contributed by atoms with Gasteiger partial charge in [-0.2, -0.15) is 0 Å². The Morgan fingerprint density at radius 3 is 2.65 bits per heavy atom. The molecule has 0 unspecified atom stereocenters. The zero-order valence-electron chi connectivity index (χ0n) is 12.7. The van der Waals surface area contributed by atoms with Crippen LogP contribution >= 0.6 is 11.8 Å². The van der Waals surface area contributed by atoms with Crippen molar-refractivity contribution in [2.45, 2.75) is 12.1 Å². The Morgan fingerprint density at radius 2 is 1.96 bits per heavy atom. The SMILES string of the molecule is CCOc1ccc(-n2c(SCC(N)=O)nc3ccccc32)cc1. The normalized spacial score (nSPS) is 10.8. The van der Waals surface area contributed by atoms with Crippen LogP contribution in [0.5, 0.6) is 5.75 Å². The minimum absolute atomic E-state index is 0.195. The first-order valence-electron chi connectivity index (χ1n) is 7.31. The maximum Gasteiger partial charge on any atom is 0.227 e. The summed E-state index contributed by atoms with van der Waals surface area (Å²) in [6.07, 6.45) is 0. The van der Waals surface area contributed by atoms with E-state index in [0.717, 1.165) is 27.6 Å². The average Bonchev–Trinajstić information content (AvgIpc) is 2.92. The van der Waals surface area contributed by atoms with Gasteiger partial charge >= 0.3 is 0 Å². The predicted octanol–water partition coefficient (Wildman–Crippen LogP) is 3.00. The summed E-state index contributed by atoms with van der Waals surface area (Å²) in [6.45, 7) is 2.59. The van der Waals surface area contributed by atoms with E-state index in [-0.39, 0.29) is 11.7 Å². The molecule has 1 aromatic heterocycles. The molecule has 2 N–H and O–H groups in total. The number of carbonyl (C=O) groups is 1. The van der Waals surface area contributed by atoms with Gasteiger partial charge in [-0.3, -0.25) is 9.36 Å². The summed E-state index contributed by atoms with van der Waals surface area (Å²) in [5.74, 6) is 0.660. The number of rotatable bonds is 6. The van der Waals surface area contributed by atoms with E-state index in [1.165, 1.54) is 11.8 Å². The number of carbonyl (C=O) groups excluding carboxylic acids is 1. The maximum atomic E-state index is 11.1. The first-order chi connectivity index (χ1) is 11.2. The monoisotopic (exact) mass is 327 g/mol. The zero-order chi connectivity index (χ0) is 16.2. The summed E-state index contributed by atoms with van der Waals surface area (Å²) in [7, 11) is 0. The molecule has 0 atom stereocenters. The highest BCUT2D eigenvalue weighted by atomic mass is 32.2. The van der Waals surface area contributed by atoms with Gasteiger partial charge in [-0.25, -0.2) is 4.98 Å². The number of para-hydroxylation sites is 2. The predicted molar refractivity (Wildman–Crippen MR) is 92.2 cm³/mol. The van der Waals surface area contributed by atoms with Gasteiger partial charge < -0.3 is 10.5 Å². The van der Waals surface area contributed by atoms with Crippen LogP contribution in [0.25, 0.3) is 16.7 Å². The van der Waals surface area contributed by atoms with Crippen molar-refractivity contribution < 1.29 is 9.53 Å². The molecule has 0 bridgehead atoms. The third-order valence-electron chi connectivity index (χ3n) is 3.28. The number of hydrogen-bond acceptors (Lipinski definition) is 4. The van der Waals surface area contributed by atoms with Gasteiger partial charge in [0.25, 0.3) is 0 Å². The summed E-state index contributed by atoms with van der Waals surface area (Å²) in [6, 6.07) is 15.7. The third-order valence-corrected chi connectivity index (χ3v) is 4.24. The summed E-state index contributed by atoms with van der Waals surface area (Å²) in [5, 5.41) is 0.745. The van der Waals surface area contributed by atoms with Crippen LogP contribution in [0, 0.1) is 0 Å². The molecule has 0 aliphatic rings. The summed E-state index contributed by atoms with van der Waals surface area (Å²) < 4.78 is 7.51. The lowest BCUT2D eigenvalue weighted by atomic mass is 10.2. The molecule has 1 heterocycles. The van der Waals surface area contributed by atoms with Gasteiger partial charge in [0.05, 0.1) is 23.4 Å². The van der Waals surface area contributed by atoms with Gasteiger partial charge in [0, 0.05) is 5.69 Å². The van der Waals surface area contributed by atoms with Crippen molar-refractivity contribution in [3.8, 4) is 11.4 Å². The molecule has 0 aliphatic heterocycles. The summed E-state index contributed by atoms with van der Waals surface area (Å²) >= 11 is 1.34. The van der Waals surface area contributed by atoms with E-state index in [9.17, 15) is 4.79 Å². The molecule has 2 aromatic carbocycles. The Balaban J connectivity index is 2.06. The Labute approximate surface area is 138 Å². The topological polar surface area (TPSA) is 70.1 Å². The van der Waals surface area contributed by atoms with Crippen molar-refractivity contribution in [3.63, 3.8) is 0 Å². The highest BCUT2D eigenvalue weighted by Gasteiger charge is 2.13. The number of aromatic nitrogens is 2. The van der Waals surface area contributed by atoms with E-state index in [1.807, 2.05) is 60.0 Å². The fourth-order valence-corrected chi connectivity index (χ4v) is 3.11. The smallest absolute Gasteiger partial charge is 0.227 e. The molecule has 0 saturated carbocycles. The molecule has 3 rings (SSSR count). The van der Waals surface area contributed by atoms with Gasteiger partial charge in [0.15, 0.2) is 5.16 Å². The molecule has 3 aromatic rings. The molecular weight excluding hydrogens is 310 g/mol. The van der Waals surface area contributed by atoms with Gasteiger partial charge in [0.2, 0.25) is 5.91 Å². The first kappa shape index (κ1) is 15.4. The highest BCUT2D eigenvalue weighted by Crippen LogP contribution is 2.28. The fourth-order valence-electron chi connectivity index (χ4n) is 2.34. The van der Waals surface area contributed by atoms with Crippen molar-refractivity contribution in [2.24, 2.45) is 5.73 Å². The highest BCUT2D eigenvalue weighted by molar-refractivity contribution is 7.99. The molecule has 5 nitrogen and oxygen atoms in total. The Bertz CT molecular complexity index is 827. The minimum atomic E-state index is -0.361. The lowest BCUT2D eigenvalue weighted by Crippen LogP contribution is -2.13. The largest absolute Gasteiger partial charge is 0.494 e. The lowest BCUT2D eigenvalue weighted by molar-refractivity contribution is -0.115. The van der Waals surface area contributed by atoms with Gasteiger partial charge in [-0.15, -0.1) is 0 Å². The van der Waals surface area contributed by atoms with Crippen LogP contribution in [0.3, 0.4) is 0 Å². The van der Waals surface area contributed by atoms with E-state index in [1.54, 1.807) is 0 Å². The van der Waals surface area contributed by atoms with E-state index in [0.29, 0.717) is 6.61 Å². The molecule has 0 fully saturated rings. The second-order valence-corrected chi connectivity index (χ2v) is 5.84. The standard InChI is InChI=1S/C17H17N3O2S/c1-2-22-13-9-7-12(8-10-13)20-15-6-4-3-5-14(15)19-17(20)23-11-16(18)21/h3-10H,2,11H2,1H3,(H2,18,21). The van der Waals surface area contributed by atoms with Crippen LogP contribution in [0.4, 0.5) is 0 Å². The molecule has 118 valence electrons. The number of ether oxygens (including phenoxy) is 1. The van der Waals surface area contributed by atoms with Crippen LogP contribution in [0.15, 0.2) is 53.7 Å². The maximum absolute atomic E-state index is 11.1. The number of nitrogens with zero attached hydrogens (tertiary/aromatic N) is 2. The summed E-state index contributed by atoms with van der Waals surface area (Å²) in [4.78, 5) is 15.7. The zero-order valence-corrected chi connectivity index (χ0v) is 13.5. The molecule has 23 heavy (non-hydrogen) atoms. The quantitative estimate of drug-likeness (QED) is 0.707. The number of benzene rings is 2. The molecule has 6 heteroatoms. The van der Waals surface area contributed by atoms with E-state index in [2.05, 4.69) is 4.98 Å². The number of hydrogen-bond donors (Lipinski definition) is 1. The van der Waals surface area contributed by atoms with E-state index >= 15 is 0 Å². The second kappa shape index (κ2) is 6.75. The van der Waals surface area contributed by atoms with Crippen molar-refractivity contribution in [2.75, 3.05) is 12.4 Å². The molecule has 0 spiro atoms. The first-order valence-corrected chi connectivity index (χ1v) is 8.29. The molecule has 1 amide bonds. The van der Waals surface area contributed by atoms with Crippen LogP contribution < -0.4 is 10.5 Å². The van der Waals surface area contributed by atoms with E-state index in [4.69, 9.17) is 10.5 Å². The van der Waals surface area contributed by atoms with Crippen LogP contribution in [0.1, 0.15) is 6.92 Å². The number of thioether (sulfide) groups is 1. The molecular formula is C17H17N3O2S. The number of imidazole rings is 1. The average molecular weight is 327 g/mol. The van der Waals surface area contributed by atoms with Crippen molar-refractivity contribution in [1.82, 2.24) is 9.55 Å². The van der Waals surface area contributed by atoms with Crippen molar-refractivity contribution >= 4 is 28.7 Å². The number of amides is 1. The van der Waals surface area contributed by atoms with Crippen LogP contribution in [0.2, 0.25) is 0 Å². The lowest BCUT2D eigenvalue weighted by Gasteiger charge is -2.10. The number of nitrogens with two attached hydrogens (primary N) is 1. The number of fused-ring (bicyclic) bond motifs is 1. The number of primary amides is 1. The van der Waals surface area contributed by atoms with Crippen LogP contribution in [-0.2, 0) is 4.79 Å². The Kier molecular flexibility index (Phi) is 4.52. The van der Waals surface area contributed by atoms with Crippen LogP contribution in [-0.4, -0.2) is 27.8 Å². The molecule has 0 radical (unpaired) electrons. The molecule has 0 aliphatic carbocycles. The minimum Gasteiger partial charge on any atom is -0.494 e. The van der Waals surface area contributed by atoms with Crippen molar-refractivity contribution in [1.29, 1.82) is 0 Å².